The van der Waals surface area contributed by atoms with Crippen molar-refractivity contribution in [3.63, 3.8) is 0 Å². The summed E-state index contributed by atoms with van der Waals surface area (Å²) in [5.41, 5.74) is 0.566. The van der Waals surface area contributed by atoms with Crippen LogP contribution in [0.1, 0.15) is 59.9 Å². The summed E-state index contributed by atoms with van der Waals surface area (Å²) in [4.78, 5) is 51.9. The molecule has 2 amide bonds. The average Bonchev–Trinajstić information content (AvgIpc) is 3.28. The number of hydrogen-bond acceptors (Lipinski definition) is 5. The lowest BCUT2D eigenvalue weighted by atomic mass is 9.81. The zero-order valence-electron chi connectivity index (χ0n) is 20.2. The maximum atomic E-state index is 13.1. The van der Waals surface area contributed by atoms with Crippen LogP contribution in [0.2, 0.25) is 0 Å². The van der Waals surface area contributed by atoms with E-state index in [1.807, 2.05) is 0 Å². The van der Waals surface area contributed by atoms with Crippen molar-refractivity contribution in [2.24, 2.45) is 11.8 Å². The van der Waals surface area contributed by atoms with E-state index in [1.165, 1.54) is 29.7 Å². The summed E-state index contributed by atoms with van der Waals surface area (Å²) >= 11 is 0. The molecule has 4 rings (SSSR count). The minimum atomic E-state index is -4.51. The van der Waals surface area contributed by atoms with Crippen LogP contribution < -0.4 is 0 Å². The topological polar surface area (TPSA) is 85.7 Å². The van der Waals surface area contributed by atoms with Gasteiger partial charge in [-0.15, -0.1) is 0 Å². The summed E-state index contributed by atoms with van der Waals surface area (Å²) in [6.45, 7) is 4.02. The van der Waals surface area contributed by atoms with Gasteiger partial charge in [-0.05, 0) is 57.9 Å². The molecule has 1 aliphatic heterocycles. The summed E-state index contributed by atoms with van der Waals surface area (Å²) in [7, 11) is 0. The van der Waals surface area contributed by atoms with Crippen LogP contribution in [0.3, 0.4) is 0 Å². The largest absolute Gasteiger partial charge is 0.456 e. The summed E-state index contributed by atoms with van der Waals surface area (Å²) in [5, 5.41) is 0. The van der Waals surface area contributed by atoms with E-state index in [0.29, 0.717) is 24.2 Å². The monoisotopic (exact) mass is 504 g/mol. The van der Waals surface area contributed by atoms with Crippen LogP contribution in [-0.4, -0.2) is 45.7 Å². The Morgan fingerprint density at radius 1 is 1.06 bits per heavy atom. The lowest BCUT2D eigenvalue weighted by Crippen LogP contribution is -2.44. The highest BCUT2D eigenvalue weighted by Gasteiger charge is 2.51. The number of esters is 1. The van der Waals surface area contributed by atoms with Gasteiger partial charge in [-0.25, -0.2) is 4.79 Å². The first kappa shape index (κ1) is 25.7. The summed E-state index contributed by atoms with van der Waals surface area (Å²) in [6.07, 6.45) is -1.55. The molecule has 0 radical (unpaired) electrons. The molecule has 0 unspecified atom stereocenters. The Morgan fingerprint density at radius 2 is 1.67 bits per heavy atom. The number of rotatable bonds is 6. The van der Waals surface area contributed by atoms with Crippen LogP contribution in [-0.2, 0) is 25.3 Å². The number of fused-ring (bicyclic) bond motifs is 1. The van der Waals surface area contributed by atoms with E-state index in [2.05, 4.69) is 0 Å². The Balaban J connectivity index is 1.46. The predicted octanol–water partition coefficient (Wildman–Crippen LogP) is 4.40. The van der Waals surface area contributed by atoms with Crippen LogP contribution in [0, 0.1) is 25.7 Å². The van der Waals surface area contributed by atoms with Gasteiger partial charge in [-0.1, -0.05) is 18.9 Å². The van der Waals surface area contributed by atoms with Gasteiger partial charge in [0.2, 0.25) is 17.6 Å². The molecule has 1 saturated carbocycles. The molecular formula is C26H27F3N2O5. The molecular weight excluding hydrogens is 477 g/mol. The van der Waals surface area contributed by atoms with Crippen molar-refractivity contribution in [1.29, 1.82) is 0 Å². The number of halogens is 3. The molecule has 1 aromatic carbocycles. The Hall–Kier alpha value is -3.43. The first-order valence-corrected chi connectivity index (χ1v) is 11.8. The number of carbonyl (C=O) groups is 4. The smallest absolute Gasteiger partial charge is 0.416 e. The Bertz CT molecular complexity index is 1210. The molecule has 2 aromatic rings. The molecule has 1 saturated heterocycles. The fourth-order valence-corrected chi connectivity index (χ4v) is 5.27. The molecule has 0 spiro atoms. The molecule has 0 N–H and O–H groups in total. The van der Waals surface area contributed by atoms with Crippen LogP contribution in [0.15, 0.2) is 30.3 Å². The summed E-state index contributed by atoms with van der Waals surface area (Å²) in [6, 6.07) is 5.13. The highest BCUT2D eigenvalue weighted by atomic mass is 19.4. The van der Waals surface area contributed by atoms with Gasteiger partial charge < -0.3 is 9.30 Å². The van der Waals surface area contributed by atoms with Crippen molar-refractivity contribution < 1.29 is 37.1 Å². The predicted molar refractivity (Wildman–Crippen MR) is 122 cm³/mol. The van der Waals surface area contributed by atoms with Gasteiger partial charge in [0, 0.05) is 22.6 Å². The number of aromatic nitrogens is 1. The minimum Gasteiger partial charge on any atom is -0.456 e. The van der Waals surface area contributed by atoms with E-state index < -0.39 is 48.0 Å². The third-order valence-corrected chi connectivity index (χ3v) is 7.11. The van der Waals surface area contributed by atoms with Crippen molar-refractivity contribution in [2.45, 2.75) is 58.7 Å². The van der Waals surface area contributed by atoms with Gasteiger partial charge in [0.1, 0.15) is 6.04 Å². The Kier molecular flexibility index (Phi) is 6.81. The average molecular weight is 505 g/mol. The molecule has 7 nitrogen and oxygen atoms in total. The number of nitrogens with zero attached hydrogens (tertiary/aromatic N) is 2. The fraction of sp³-hybridized carbons (Fsp3) is 0.462. The van der Waals surface area contributed by atoms with Crippen LogP contribution in [0.4, 0.5) is 13.2 Å². The van der Waals surface area contributed by atoms with Crippen molar-refractivity contribution in [3.8, 4) is 5.69 Å². The quantitative estimate of drug-likeness (QED) is 0.331. The number of carbonyl (C=O) groups excluding carboxylic acids is 4. The number of ketones is 1. The molecule has 0 bridgehead atoms. The van der Waals surface area contributed by atoms with Crippen molar-refractivity contribution >= 4 is 23.6 Å². The second-order valence-corrected chi connectivity index (χ2v) is 9.42. The number of Topliss-reactive ketones (excluding diaryl/α,β-unsaturated/α-hetero) is 1. The van der Waals surface area contributed by atoms with Gasteiger partial charge in [0.25, 0.3) is 0 Å². The van der Waals surface area contributed by atoms with E-state index in [0.717, 1.165) is 29.9 Å². The standard InChI is InChI=1S/C26H27F3N2O5/c1-14-11-21(15(2)30(14)18-8-6-7-17(12-18)26(27,28)29)22(32)13-36-25(35)16(3)31-23(33)19-9-4-5-10-20(19)24(31)34/h6-8,11-12,16,19-20H,4-5,9-10,13H2,1-3H3/t16-,19-,20-/m0/s1. The molecule has 192 valence electrons. The van der Waals surface area contributed by atoms with E-state index in [4.69, 9.17) is 4.74 Å². The third-order valence-electron chi connectivity index (χ3n) is 7.11. The van der Waals surface area contributed by atoms with Crippen molar-refractivity contribution in [3.05, 3.63) is 52.8 Å². The van der Waals surface area contributed by atoms with Gasteiger partial charge in [0.05, 0.1) is 17.4 Å². The summed E-state index contributed by atoms with van der Waals surface area (Å²) in [5.74, 6) is -2.95. The second-order valence-electron chi connectivity index (χ2n) is 9.42. The number of imide groups is 1. The molecule has 2 fully saturated rings. The van der Waals surface area contributed by atoms with Crippen molar-refractivity contribution in [2.75, 3.05) is 6.61 Å². The Morgan fingerprint density at radius 3 is 2.25 bits per heavy atom. The van der Waals surface area contributed by atoms with Gasteiger partial charge >= 0.3 is 12.1 Å². The maximum Gasteiger partial charge on any atom is 0.416 e. The lowest BCUT2D eigenvalue weighted by molar-refractivity contribution is -0.157. The number of ether oxygens (including phenoxy) is 1. The van der Waals surface area contributed by atoms with E-state index in [9.17, 15) is 32.3 Å². The Labute approximate surface area is 206 Å². The minimum absolute atomic E-state index is 0.199. The highest BCUT2D eigenvalue weighted by Crippen LogP contribution is 2.39. The number of amides is 2. The van der Waals surface area contributed by atoms with Gasteiger partial charge in [0.15, 0.2) is 6.61 Å². The highest BCUT2D eigenvalue weighted by molar-refractivity contribution is 6.08. The SMILES string of the molecule is Cc1cc(C(=O)COC(=O)[C@H](C)N2C(=O)[C@H]3CCCC[C@@H]3C2=O)c(C)n1-c1cccc(C(F)(F)F)c1. The van der Waals surface area contributed by atoms with Gasteiger partial charge in [-0.2, -0.15) is 13.2 Å². The zero-order chi connectivity index (χ0) is 26.4. The molecule has 2 aliphatic rings. The number of likely N-dealkylation sites (tertiary alicyclic amines) is 1. The second kappa shape index (κ2) is 9.55. The first-order chi connectivity index (χ1) is 16.9. The molecule has 2 heterocycles. The maximum absolute atomic E-state index is 13.1. The van der Waals surface area contributed by atoms with Crippen LogP contribution in [0.5, 0.6) is 0 Å². The third kappa shape index (κ3) is 4.56. The summed E-state index contributed by atoms with van der Waals surface area (Å²) < 4.78 is 46.1. The normalized spacial score (nSPS) is 20.9. The molecule has 3 atom stereocenters. The van der Waals surface area contributed by atoms with Crippen LogP contribution >= 0.6 is 0 Å². The first-order valence-electron chi connectivity index (χ1n) is 11.8. The lowest BCUT2D eigenvalue weighted by Gasteiger charge is -2.21. The van der Waals surface area contributed by atoms with Crippen LogP contribution in [0.25, 0.3) is 5.69 Å². The number of hydrogen-bond donors (Lipinski definition) is 0. The van der Waals surface area contributed by atoms with E-state index in [1.54, 1.807) is 13.8 Å². The number of benzene rings is 1. The van der Waals surface area contributed by atoms with E-state index in [-0.39, 0.29) is 23.1 Å². The van der Waals surface area contributed by atoms with Crippen molar-refractivity contribution in [1.82, 2.24) is 9.47 Å². The molecule has 1 aromatic heterocycles. The number of aryl methyl sites for hydroxylation is 1. The number of alkyl halides is 3. The molecule has 1 aliphatic carbocycles. The fourth-order valence-electron chi connectivity index (χ4n) is 5.27. The van der Waals surface area contributed by atoms with Gasteiger partial charge in [-0.3, -0.25) is 19.3 Å². The molecule has 36 heavy (non-hydrogen) atoms. The van der Waals surface area contributed by atoms with E-state index >= 15 is 0 Å². The molecule has 10 heteroatoms. The zero-order valence-corrected chi connectivity index (χ0v) is 20.2.